The summed E-state index contributed by atoms with van der Waals surface area (Å²) in [6.45, 7) is 5.52. The van der Waals surface area contributed by atoms with Crippen LogP contribution in [-0.2, 0) is 0 Å². The summed E-state index contributed by atoms with van der Waals surface area (Å²) in [6, 6.07) is 7.86. The number of hydrogen-bond acceptors (Lipinski definition) is 4. The number of aromatic nitrogens is 2. The van der Waals surface area contributed by atoms with Gasteiger partial charge in [0.25, 0.3) is 5.91 Å². The minimum atomic E-state index is -0.276. The largest absolute Gasteiger partial charge is 0.394 e. The number of rotatable bonds is 5. The van der Waals surface area contributed by atoms with Crippen molar-refractivity contribution >= 4 is 5.91 Å². The summed E-state index contributed by atoms with van der Waals surface area (Å²) in [6.07, 6.45) is 6.98. The van der Waals surface area contributed by atoms with Crippen molar-refractivity contribution in [1.82, 2.24) is 19.8 Å². The van der Waals surface area contributed by atoms with E-state index in [9.17, 15) is 9.90 Å². The van der Waals surface area contributed by atoms with Crippen LogP contribution in [0.4, 0.5) is 0 Å². The average molecular weight is 342 g/mol. The van der Waals surface area contributed by atoms with Crippen molar-refractivity contribution in [2.45, 2.75) is 38.3 Å². The van der Waals surface area contributed by atoms with E-state index in [-0.39, 0.29) is 18.1 Å². The second kappa shape index (κ2) is 7.37. The summed E-state index contributed by atoms with van der Waals surface area (Å²) in [4.78, 5) is 18.9. The van der Waals surface area contributed by atoms with Gasteiger partial charge in [-0.1, -0.05) is 13.8 Å². The predicted molar refractivity (Wildman–Crippen MR) is 96.8 cm³/mol. The minimum Gasteiger partial charge on any atom is -0.394 e. The van der Waals surface area contributed by atoms with Crippen LogP contribution in [0.1, 0.15) is 37.0 Å². The Morgan fingerprint density at radius 3 is 2.48 bits per heavy atom. The van der Waals surface area contributed by atoms with E-state index in [1.54, 1.807) is 6.20 Å². The molecule has 2 aromatic rings. The summed E-state index contributed by atoms with van der Waals surface area (Å²) in [5.41, 5.74) is 0.325. The molecule has 6 heteroatoms. The lowest BCUT2D eigenvalue weighted by Gasteiger charge is -2.42. The summed E-state index contributed by atoms with van der Waals surface area (Å²) >= 11 is 0. The van der Waals surface area contributed by atoms with E-state index < -0.39 is 0 Å². The van der Waals surface area contributed by atoms with Crippen LogP contribution in [0, 0.1) is 0 Å². The Morgan fingerprint density at radius 1 is 1.28 bits per heavy atom. The lowest BCUT2D eigenvalue weighted by atomic mass is 9.87. The number of likely N-dealkylation sites (tertiary alicyclic amines) is 1. The highest BCUT2D eigenvalue weighted by atomic mass is 16.3. The van der Waals surface area contributed by atoms with E-state index in [2.05, 4.69) is 24.1 Å². The van der Waals surface area contributed by atoms with Crippen LogP contribution in [0.15, 0.2) is 42.9 Å². The third-order valence-corrected chi connectivity index (χ3v) is 4.77. The second-order valence-electron chi connectivity index (χ2n) is 7.03. The minimum absolute atomic E-state index is 0.00245. The Bertz CT molecular complexity index is 687. The van der Waals surface area contributed by atoms with E-state index in [0.29, 0.717) is 24.7 Å². The average Bonchev–Trinajstić information content (AvgIpc) is 3.16. The molecular weight excluding hydrogens is 316 g/mol. The maximum atomic E-state index is 12.7. The number of nitrogens with one attached hydrogen (secondary N) is 1. The molecule has 1 aliphatic heterocycles. The molecule has 1 aliphatic rings. The molecule has 0 aromatic carbocycles. The number of amides is 1. The monoisotopic (exact) mass is 342 g/mol. The topological polar surface area (TPSA) is 70.4 Å². The lowest BCUT2D eigenvalue weighted by Crippen LogP contribution is -2.58. The zero-order valence-electron chi connectivity index (χ0n) is 14.9. The van der Waals surface area contributed by atoms with Crippen molar-refractivity contribution in [2.24, 2.45) is 0 Å². The van der Waals surface area contributed by atoms with Gasteiger partial charge >= 0.3 is 0 Å². The zero-order valence-corrected chi connectivity index (χ0v) is 14.9. The first-order valence-electron chi connectivity index (χ1n) is 8.80. The number of carbonyl (C=O) groups is 1. The van der Waals surface area contributed by atoms with Gasteiger partial charge in [-0.15, -0.1) is 0 Å². The van der Waals surface area contributed by atoms with Crippen LogP contribution >= 0.6 is 0 Å². The van der Waals surface area contributed by atoms with E-state index in [4.69, 9.17) is 0 Å². The third kappa shape index (κ3) is 3.91. The number of aliphatic hydroxyl groups is 1. The van der Waals surface area contributed by atoms with Crippen molar-refractivity contribution in [3.8, 4) is 5.82 Å². The standard InChI is InChI=1S/C19H26N4O2/c1-15(2)21-19(14-24)7-11-23(12-8-19)18(25)16-5-6-17(20-13-16)22-9-3-4-10-22/h3-6,9-10,13,15,21,24H,7-8,11-12,14H2,1-2H3. The lowest BCUT2D eigenvalue weighted by molar-refractivity contribution is 0.0510. The maximum Gasteiger partial charge on any atom is 0.255 e. The smallest absolute Gasteiger partial charge is 0.255 e. The van der Waals surface area contributed by atoms with Gasteiger partial charge in [0.2, 0.25) is 0 Å². The first-order chi connectivity index (χ1) is 12.0. The van der Waals surface area contributed by atoms with Crippen molar-refractivity contribution in [3.05, 3.63) is 48.4 Å². The molecule has 6 nitrogen and oxygen atoms in total. The Balaban J connectivity index is 1.64. The number of nitrogens with zero attached hydrogens (tertiary/aromatic N) is 3. The third-order valence-electron chi connectivity index (χ3n) is 4.77. The number of aliphatic hydroxyl groups excluding tert-OH is 1. The van der Waals surface area contributed by atoms with Crippen molar-refractivity contribution in [3.63, 3.8) is 0 Å². The van der Waals surface area contributed by atoms with Gasteiger partial charge in [0.05, 0.1) is 12.2 Å². The van der Waals surface area contributed by atoms with Gasteiger partial charge in [-0.3, -0.25) is 4.79 Å². The molecule has 1 amide bonds. The van der Waals surface area contributed by atoms with Gasteiger partial charge in [0.1, 0.15) is 5.82 Å². The fraction of sp³-hybridized carbons (Fsp3) is 0.474. The van der Waals surface area contributed by atoms with Crippen LogP contribution in [0.3, 0.4) is 0 Å². The molecule has 0 aliphatic carbocycles. The molecule has 0 atom stereocenters. The first kappa shape index (κ1) is 17.6. The molecule has 3 heterocycles. The Kier molecular flexibility index (Phi) is 5.20. The molecule has 0 saturated carbocycles. The molecule has 0 radical (unpaired) electrons. The van der Waals surface area contributed by atoms with Crippen molar-refractivity contribution in [2.75, 3.05) is 19.7 Å². The normalized spacial score (nSPS) is 17.0. The number of pyridine rings is 1. The molecule has 2 N–H and O–H groups in total. The molecule has 0 unspecified atom stereocenters. The molecule has 1 saturated heterocycles. The van der Waals surface area contributed by atoms with E-state index in [0.717, 1.165) is 18.7 Å². The predicted octanol–water partition coefficient (Wildman–Crippen LogP) is 1.84. The van der Waals surface area contributed by atoms with Gasteiger partial charge in [0.15, 0.2) is 0 Å². The van der Waals surface area contributed by atoms with Crippen LogP contribution in [0.2, 0.25) is 0 Å². The quantitative estimate of drug-likeness (QED) is 0.870. The Labute approximate surface area is 148 Å². The van der Waals surface area contributed by atoms with Gasteiger partial charge in [-0.25, -0.2) is 4.98 Å². The van der Waals surface area contributed by atoms with E-state index in [1.807, 2.05) is 46.1 Å². The summed E-state index contributed by atoms with van der Waals surface area (Å²) < 4.78 is 1.91. The Morgan fingerprint density at radius 2 is 1.96 bits per heavy atom. The molecule has 3 rings (SSSR count). The van der Waals surface area contributed by atoms with Crippen molar-refractivity contribution in [1.29, 1.82) is 0 Å². The SMILES string of the molecule is CC(C)NC1(CO)CCN(C(=O)c2ccc(-n3cccc3)nc2)CC1. The molecule has 0 spiro atoms. The molecule has 25 heavy (non-hydrogen) atoms. The highest BCUT2D eigenvalue weighted by Crippen LogP contribution is 2.24. The van der Waals surface area contributed by atoms with Gasteiger partial charge < -0.3 is 19.9 Å². The van der Waals surface area contributed by atoms with Crippen LogP contribution in [0.5, 0.6) is 0 Å². The highest BCUT2D eigenvalue weighted by Gasteiger charge is 2.35. The fourth-order valence-electron chi connectivity index (χ4n) is 3.43. The molecule has 2 aromatic heterocycles. The molecular formula is C19H26N4O2. The van der Waals surface area contributed by atoms with Crippen LogP contribution in [-0.4, -0.2) is 56.7 Å². The molecule has 1 fully saturated rings. The number of piperidine rings is 1. The fourth-order valence-corrected chi connectivity index (χ4v) is 3.43. The summed E-state index contributed by atoms with van der Waals surface area (Å²) in [7, 11) is 0. The van der Waals surface area contributed by atoms with Crippen LogP contribution < -0.4 is 5.32 Å². The summed E-state index contributed by atoms with van der Waals surface area (Å²) in [5, 5.41) is 13.2. The van der Waals surface area contributed by atoms with Gasteiger partial charge in [-0.05, 0) is 37.1 Å². The van der Waals surface area contributed by atoms with Crippen LogP contribution in [0.25, 0.3) is 5.82 Å². The van der Waals surface area contributed by atoms with Gasteiger partial charge in [0, 0.05) is 43.3 Å². The second-order valence-corrected chi connectivity index (χ2v) is 7.03. The number of carbonyl (C=O) groups excluding carboxylic acids is 1. The van der Waals surface area contributed by atoms with Gasteiger partial charge in [-0.2, -0.15) is 0 Å². The number of hydrogen-bond donors (Lipinski definition) is 2. The summed E-state index contributed by atoms with van der Waals surface area (Å²) in [5.74, 6) is 0.795. The zero-order chi connectivity index (χ0) is 17.9. The molecule has 134 valence electrons. The first-order valence-corrected chi connectivity index (χ1v) is 8.80. The maximum absolute atomic E-state index is 12.7. The van der Waals surface area contributed by atoms with E-state index >= 15 is 0 Å². The van der Waals surface area contributed by atoms with Crippen molar-refractivity contribution < 1.29 is 9.90 Å². The Hall–Kier alpha value is -2.18. The highest BCUT2D eigenvalue weighted by molar-refractivity contribution is 5.94. The van der Waals surface area contributed by atoms with E-state index in [1.165, 1.54) is 0 Å². The molecule has 0 bridgehead atoms.